The Morgan fingerprint density at radius 3 is 2.57 bits per heavy atom. The van der Waals surface area contributed by atoms with Crippen LogP contribution in [0.3, 0.4) is 0 Å². The number of aliphatic imine (C=N–C) groups is 1. The lowest BCUT2D eigenvalue weighted by molar-refractivity contribution is -0.120. The molecule has 2 aromatic rings. The van der Waals surface area contributed by atoms with E-state index in [9.17, 15) is 22.6 Å². The lowest BCUT2D eigenvalue weighted by Crippen LogP contribution is -2.51. The third kappa shape index (κ3) is 8.19. The maximum atomic E-state index is 15.7. The van der Waals surface area contributed by atoms with Gasteiger partial charge in [0.2, 0.25) is 5.90 Å². The number of hydrogen-bond acceptors (Lipinski definition) is 7. The summed E-state index contributed by atoms with van der Waals surface area (Å²) in [5, 5.41) is 5.61. The van der Waals surface area contributed by atoms with E-state index in [4.69, 9.17) is 21.1 Å². The summed E-state index contributed by atoms with van der Waals surface area (Å²) in [5.74, 6) is -5.86. The van der Waals surface area contributed by atoms with Crippen molar-refractivity contribution in [3.63, 3.8) is 0 Å². The zero-order valence-electron chi connectivity index (χ0n) is 24.7. The van der Waals surface area contributed by atoms with Crippen LogP contribution >= 0.6 is 11.6 Å². The lowest BCUT2D eigenvalue weighted by atomic mass is 9.95. The summed E-state index contributed by atoms with van der Waals surface area (Å²) in [6.45, 7) is 8.43. The summed E-state index contributed by atoms with van der Waals surface area (Å²) in [6, 6.07) is 7.68. The number of hydrogen-bond donors (Lipinski definition) is 2. The molecule has 2 unspecified atom stereocenters. The Balaban J connectivity index is 1.72. The fourth-order valence-electron chi connectivity index (χ4n) is 4.80. The first-order valence-electron chi connectivity index (χ1n) is 13.8. The zero-order chi connectivity index (χ0) is 32.4. The number of halogens is 4. The second-order valence-corrected chi connectivity index (χ2v) is 13.4. The van der Waals surface area contributed by atoms with Gasteiger partial charge in [0.15, 0.2) is 0 Å². The maximum Gasteiger partial charge on any atom is 0.408 e. The number of benzene rings is 2. The molecule has 2 heterocycles. The van der Waals surface area contributed by atoms with Crippen LogP contribution in [0.2, 0.25) is 5.02 Å². The number of alkyl carbamates (subject to hydrolysis) is 1. The van der Waals surface area contributed by atoms with Crippen LogP contribution in [0.4, 0.5) is 23.7 Å². The van der Waals surface area contributed by atoms with Gasteiger partial charge >= 0.3 is 6.09 Å². The Morgan fingerprint density at radius 2 is 1.95 bits per heavy atom. The quantitative estimate of drug-likeness (QED) is 0.253. The van der Waals surface area contributed by atoms with E-state index in [1.165, 1.54) is 18.0 Å². The topological polar surface area (TPSA) is 109 Å². The van der Waals surface area contributed by atoms with Crippen molar-refractivity contribution in [2.24, 2.45) is 10.9 Å². The molecule has 44 heavy (non-hydrogen) atoms. The molecule has 2 aliphatic rings. The van der Waals surface area contributed by atoms with Crippen LogP contribution in [0.1, 0.15) is 38.3 Å². The molecule has 0 aromatic heterocycles. The van der Waals surface area contributed by atoms with Crippen LogP contribution in [0.25, 0.3) is 0 Å². The Bertz CT molecular complexity index is 1500. The van der Waals surface area contributed by atoms with Crippen LogP contribution in [-0.2, 0) is 31.6 Å². The van der Waals surface area contributed by atoms with Crippen molar-refractivity contribution in [1.29, 1.82) is 0 Å². The predicted octanol–water partition coefficient (Wildman–Crippen LogP) is 5.18. The summed E-state index contributed by atoms with van der Waals surface area (Å²) in [5.41, 5.74) is -0.324. The van der Waals surface area contributed by atoms with Crippen LogP contribution in [-0.4, -0.2) is 65.6 Å². The smallest absolute Gasteiger partial charge is 0.408 e. The van der Waals surface area contributed by atoms with Gasteiger partial charge in [0.05, 0.1) is 45.8 Å². The first-order valence-corrected chi connectivity index (χ1v) is 15.5. The third-order valence-corrected chi connectivity index (χ3v) is 8.55. The largest absolute Gasteiger partial charge is 0.444 e. The number of nitrogens with zero attached hydrogens (tertiary/aromatic N) is 2. The van der Waals surface area contributed by atoms with Crippen molar-refractivity contribution in [3.8, 4) is 0 Å². The summed E-state index contributed by atoms with van der Waals surface area (Å²) in [6.07, 6.45) is -1.39. The molecular formula is C30H34ClF3N4O5S. The minimum atomic E-state index is -2.97. The number of amides is 2. The van der Waals surface area contributed by atoms with Crippen LogP contribution in [0.15, 0.2) is 58.6 Å². The van der Waals surface area contributed by atoms with E-state index >= 15 is 4.39 Å². The fraction of sp³-hybridized carbons (Fsp3) is 0.433. The lowest BCUT2D eigenvalue weighted by Gasteiger charge is -2.30. The van der Waals surface area contributed by atoms with Gasteiger partial charge in [-0.3, -0.25) is 14.0 Å². The Kier molecular flexibility index (Phi) is 10.1. The molecule has 0 saturated carbocycles. The standard InChI is InChI=1S/C30H34ClF3N4O5S/c1-17(19-12-30(33,34)16-36-13-19)42-26(35-5)21-10-24-25(11-22(21)32)44(41)15-23(37-28(40)43-29(2,3)4)27(39)38(24)14-18-6-8-20(31)9-7-18/h6-11,19,23,36H,1,12-16H2,2-5H3,(H,37,40)/t19?,23-,44?/m0/s1. The Labute approximate surface area is 261 Å². The minimum absolute atomic E-state index is 0.00690. The molecule has 1 fully saturated rings. The monoisotopic (exact) mass is 654 g/mol. The molecule has 3 atom stereocenters. The van der Waals surface area contributed by atoms with Gasteiger partial charge in [-0.25, -0.2) is 18.0 Å². The average Bonchev–Trinajstić information content (AvgIpc) is 3.01. The van der Waals surface area contributed by atoms with Gasteiger partial charge in [0.1, 0.15) is 23.2 Å². The number of nitrogens with one attached hydrogen (secondary N) is 2. The zero-order valence-corrected chi connectivity index (χ0v) is 26.3. The molecule has 2 aromatic carbocycles. The molecule has 2 aliphatic heterocycles. The molecule has 1 saturated heterocycles. The van der Waals surface area contributed by atoms with E-state index in [0.29, 0.717) is 10.6 Å². The molecule has 0 aliphatic carbocycles. The van der Waals surface area contributed by atoms with E-state index < -0.39 is 65.1 Å². The fourth-order valence-corrected chi connectivity index (χ4v) is 6.27. The van der Waals surface area contributed by atoms with Crippen molar-refractivity contribution in [3.05, 3.63) is 70.7 Å². The molecule has 9 nitrogen and oxygen atoms in total. The molecule has 2 N–H and O–H groups in total. The van der Waals surface area contributed by atoms with Crippen molar-refractivity contribution < 1.29 is 36.4 Å². The van der Waals surface area contributed by atoms with Gasteiger partial charge < -0.3 is 25.0 Å². The van der Waals surface area contributed by atoms with Crippen molar-refractivity contribution in [2.45, 2.75) is 56.2 Å². The Hall–Kier alpha value is -3.42. The van der Waals surface area contributed by atoms with Gasteiger partial charge in [-0.2, -0.15) is 0 Å². The van der Waals surface area contributed by atoms with Crippen molar-refractivity contribution >= 4 is 46.0 Å². The van der Waals surface area contributed by atoms with E-state index in [1.54, 1.807) is 45.0 Å². The average molecular weight is 655 g/mol. The third-order valence-electron chi connectivity index (χ3n) is 6.85. The van der Waals surface area contributed by atoms with Crippen LogP contribution < -0.4 is 15.5 Å². The number of ether oxygens (including phenoxy) is 2. The number of rotatable bonds is 6. The highest BCUT2D eigenvalue weighted by atomic mass is 35.5. The highest BCUT2D eigenvalue weighted by molar-refractivity contribution is 7.85. The van der Waals surface area contributed by atoms with Crippen molar-refractivity contribution in [1.82, 2.24) is 10.6 Å². The van der Waals surface area contributed by atoms with Crippen LogP contribution in [0, 0.1) is 11.7 Å². The number of anilines is 1. The first-order chi connectivity index (χ1) is 20.6. The molecule has 0 spiro atoms. The van der Waals surface area contributed by atoms with Gasteiger partial charge in [-0.05, 0) is 50.6 Å². The second kappa shape index (κ2) is 13.3. The summed E-state index contributed by atoms with van der Waals surface area (Å²) < 4.78 is 68.2. The highest BCUT2D eigenvalue weighted by Gasteiger charge is 2.39. The van der Waals surface area contributed by atoms with E-state index in [1.807, 2.05) is 0 Å². The summed E-state index contributed by atoms with van der Waals surface area (Å²) in [7, 11) is -0.616. The van der Waals surface area contributed by atoms with Crippen molar-refractivity contribution in [2.75, 3.05) is 30.8 Å². The maximum absolute atomic E-state index is 15.7. The predicted molar refractivity (Wildman–Crippen MR) is 162 cm³/mol. The minimum Gasteiger partial charge on any atom is -0.444 e. The number of alkyl halides is 2. The number of carbonyl (C=O) groups excluding carboxylic acids is 2. The van der Waals surface area contributed by atoms with Gasteiger partial charge in [0, 0.05) is 31.0 Å². The molecule has 0 bridgehead atoms. The normalized spacial score (nSPS) is 22.1. The molecule has 2 amide bonds. The number of piperidine rings is 1. The van der Waals surface area contributed by atoms with E-state index in [2.05, 4.69) is 22.2 Å². The Morgan fingerprint density at radius 1 is 1.27 bits per heavy atom. The first kappa shape index (κ1) is 33.5. The molecule has 0 radical (unpaired) electrons. The van der Waals surface area contributed by atoms with Gasteiger partial charge in [-0.1, -0.05) is 30.3 Å². The summed E-state index contributed by atoms with van der Waals surface area (Å²) in [4.78, 5) is 31.9. The number of carbonyl (C=O) groups is 2. The molecule has 238 valence electrons. The van der Waals surface area contributed by atoms with Gasteiger partial charge in [-0.15, -0.1) is 0 Å². The molecule has 14 heteroatoms. The SMILES string of the molecule is C=C(OC(=NC)c1cc2c(cc1F)S(=O)C[C@H](NC(=O)OC(C)(C)C)C(=O)N2Cc1ccc(Cl)cc1)C1CNCC(F)(F)C1. The molecule has 4 rings (SSSR count). The molecular weight excluding hydrogens is 621 g/mol. The van der Waals surface area contributed by atoms with E-state index in [-0.39, 0.29) is 46.6 Å². The van der Waals surface area contributed by atoms with E-state index in [0.717, 1.165) is 6.07 Å². The highest BCUT2D eigenvalue weighted by Crippen LogP contribution is 2.35. The number of fused-ring (bicyclic) bond motifs is 1. The van der Waals surface area contributed by atoms with Crippen LogP contribution in [0.5, 0.6) is 0 Å². The summed E-state index contributed by atoms with van der Waals surface area (Å²) >= 11 is 6.04. The second-order valence-electron chi connectivity index (χ2n) is 11.5. The van der Waals surface area contributed by atoms with Gasteiger partial charge in [0.25, 0.3) is 11.8 Å².